The van der Waals surface area contributed by atoms with Gasteiger partial charge in [0.2, 0.25) is 0 Å². The van der Waals surface area contributed by atoms with E-state index >= 15 is 0 Å². The predicted octanol–water partition coefficient (Wildman–Crippen LogP) is 1.91. The lowest BCUT2D eigenvalue weighted by Crippen LogP contribution is -2.24. The van der Waals surface area contributed by atoms with Gasteiger partial charge < -0.3 is 0 Å². The fourth-order valence-corrected chi connectivity index (χ4v) is 0. The highest BCUT2D eigenvalue weighted by Gasteiger charge is 2.23. The fraction of sp³-hybridized carbons (Fsp3) is 0.800. The zero-order valence-corrected chi connectivity index (χ0v) is 4.54. The molecule has 0 aliphatic heterocycles. The second-order valence-corrected chi connectivity index (χ2v) is 2.03. The third-order valence-corrected chi connectivity index (χ3v) is 0.745. The Morgan fingerprint density at radius 1 is 1.57 bits per heavy atom. The molecule has 0 saturated carbocycles. The van der Waals surface area contributed by atoms with E-state index < -0.39 is 11.8 Å². The normalized spacial score (nSPS) is 16.7. The smallest absolute Gasteiger partial charge is 0.136 e. The van der Waals surface area contributed by atoms with Crippen molar-refractivity contribution in [2.75, 3.05) is 0 Å². The average molecular weight is 107 g/mol. The standard InChI is InChI=1S/C5H9F2/c1-4(6)5(2,3)7/h4H,1H2,2-3H3. The van der Waals surface area contributed by atoms with Crippen LogP contribution in [0, 0.1) is 6.92 Å². The summed E-state index contributed by atoms with van der Waals surface area (Å²) in [5.74, 6) is 0. The van der Waals surface area contributed by atoms with E-state index in [4.69, 9.17) is 0 Å². The highest BCUT2D eigenvalue weighted by Crippen LogP contribution is 2.15. The van der Waals surface area contributed by atoms with Gasteiger partial charge in [-0.25, -0.2) is 8.78 Å². The van der Waals surface area contributed by atoms with Crippen LogP contribution in [0.4, 0.5) is 8.78 Å². The van der Waals surface area contributed by atoms with Gasteiger partial charge in [0.15, 0.2) is 0 Å². The number of alkyl halides is 2. The Labute approximate surface area is 42.5 Å². The zero-order chi connectivity index (χ0) is 6.08. The summed E-state index contributed by atoms with van der Waals surface area (Å²) in [6, 6.07) is 0. The third kappa shape index (κ3) is 2.54. The Bertz CT molecular complexity index is 51.6. The first-order valence-corrected chi connectivity index (χ1v) is 2.10. The van der Waals surface area contributed by atoms with Crippen molar-refractivity contribution >= 4 is 0 Å². The van der Waals surface area contributed by atoms with Gasteiger partial charge >= 0.3 is 0 Å². The Morgan fingerprint density at radius 3 is 1.71 bits per heavy atom. The van der Waals surface area contributed by atoms with E-state index in [1.165, 1.54) is 0 Å². The van der Waals surface area contributed by atoms with Gasteiger partial charge in [-0.2, -0.15) is 0 Å². The van der Waals surface area contributed by atoms with Gasteiger partial charge in [-0.05, 0) is 20.8 Å². The van der Waals surface area contributed by atoms with Crippen LogP contribution in [0.2, 0.25) is 0 Å². The molecule has 1 unspecified atom stereocenters. The van der Waals surface area contributed by atoms with Gasteiger partial charge in [-0.15, -0.1) is 0 Å². The van der Waals surface area contributed by atoms with Gasteiger partial charge in [-0.1, -0.05) is 0 Å². The van der Waals surface area contributed by atoms with E-state index in [9.17, 15) is 8.78 Å². The molecular formula is C5H9F2. The molecule has 1 radical (unpaired) electrons. The van der Waals surface area contributed by atoms with E-state index in [1.807, 2.05) is 0 Å². The Balaban J connectivity index is 3.54. The predicted molar refractivity (Wildman–Crippen MR) is 25.4 cm³/mol. The van der Waals surface area contributed by atoms with Crippen molar-refractivity contribution < 1.29 is 8.78 Å². The quantitative estimate of drug-likeness (QED) is 0.480. The minimum absolute atomic E-state index is 1.16. The van der Waals surface area contributed by atoms with Gasteiger partial charge in [-0.3, -0.25) is 0 Å². The third-order valence-electron chi connectivity index (χ3n) is 0.745. The molecule has 43 valence electrons. The van der Waals surface area contributed by atoms with Crippen molar-refractivity contribution in [3.63, 3.8) is 0 Å². The SMILES string of the molecule is [CH2]C(F)C(C)(C)F. The van der Waals surface area contributed by atoms with E-state index in [1.54, 1.807) is 0 Å². The van der Waals surface area contributed by atoms with Crippen molar-refractivity contribution in [3.05, 3.63) is 6.92 Å². The molecule has 0 spiro atoms. The summed E-state index contributed by atoms with van der Waals surface area (Å²) >= 11 is 0. The van der Waals surface area contributed by atoms with Crippen LogP contribution in [0.5, 0.6) is 0 Å². The molecule has 0 nitrogen and oxygen atoms in total. The summed E-state index contributed by atoms with van der Waals surface area (Å²) < 4.78 is 23.8. The summed E-state index contributed by atoms with van der Waals surface area (Å²) in [5, 5.41) is 0. The van der Waals surface area contributed by atoms with Crippen LogP contribution in [0.1, 0.15) is 13.8 Å². The Kier molecular flexibility index (Phi) is 1.73. The number of halogens is 2. The molecule has 0 saturated heterocycles. The molecule has 0 bridgehead atoms. The maximum atomic E-state index is 12.1. The molecule has 0 aliphatic rings. The first-order valence-electron chi connectivity index (χ1n) is 2.10. The molecule has 1 atom stereocenters. The second kappa shape index (κ2) is 1.76. The van der Waals surface area contributed by atoms with Crippen molar-refractivity contribution in [1.82, 2.24) is 0 Å². The van der Waals surface area contributed by atoms with Gasteiger partial charge in [0, 0.05) is 0 Å². The Hall–Kier alpha value is -0.140. The highest BCUT2D eigenvalue weighted by atomic mass is 19.2. The van der Waals surface area contributed by atoms with Crippen molar-refractivity contribution in [2.24, 2.45) is 0 Å². The van der Waals surface area contributed by atoms with Crippen LogP contribution in [-0.4, -0.2) is 11.8 Å². The van der Waals surface area contributed by atoms with E-state index in [-0.39, 0.29) is 0 Å². The van der Waals surface area contributed by atoms with Gasteiger partial charge in [0.25, 0.3) is 0 Å². The topological polar surface area (TPSA) is 0 Å². The summed E-state index contributed by atoms with van der Waals surface area (Å²) in [6.45, 7) is 5.18. The highest BCUT2D eigenvalue weighted by molar-refractivity contribution is 4.78. The Morgan fingerprint density at radius 2 is 1.71 bits per heavy atom. The maximum Gasteiger partial charge on any atom is 0.136 e. The van der Waals surface area contributed by atoms with E-state index in [2.05, 4.69) is 6.92 Å². The summed E-state index contributed by atoms with van der Waals surface area (Å²) in [7, 11) is 0. The van der Waals surface area contributed by atoms with Crippen LogP contribution < -0.4 is 0 Å². The molecule has 2 heteroatoms. The lowest BCUT2D eigenvalue weighted by atomic mass is 10.1. The molecule has 7 heavy (non-hydrogen) atoms. The average Bonchev–Trinajstić information content (AvgIpc) is 1.31. The van der Waals surface area contributed by atoms with Crippen LogP contribution in [0.25, 0.3) is 0 Å². The molecule has 0 aromatic carbocycles. The zero-order valence-electron chi connectivity index (χ0n) is 4.54. The molecule has 0 rings (SSSR count). The van der Waals surface area contributed by atoms with Gasteiger partial charge in [0.1, 0.15) is 11.8 Å². The summed E-state index contributed by atoms with van der Waals surface area (Å²) in [6.07, 6.45) is -1.62. The number of rotatable bonds is 1. The number of hydrogen-bond donors (Lipinski definition) is 0. The monoisotopic (exact) mass is 107 g/mol. The van der Waals surface area contributed by atoms with Crippen LogP contribution in [0.3, 0.4) is 0 Å². The molecule has 0 N–H and O–H groups in total. The lowest BCUT2D eigenvalue weighted by Gasteiger charge is -2.13. The molecule has 0 aromatic rings. The molecular weight excluding hydrogens is 98.1 g/mol. The first kappa shape index (κ1) is 6.86. The maximum absolute atomic E-state index is 12.1. The molecule has 0 fully saturated rings. The largest absolute Gasteiger partial charge is 0.244 e. The summed E-state index contributed by atoms with van der Waals surface area (Å²) in [4.78, 5) is 0. The molecule has 0 amide bonds. The first-order chi connectivity index (χ1) is 2.94. The molecule has 0 aliphatic carbocycles. The van der Waals surface area contributed by atoms with E-state index in [0.29, 0.717) is 0 Å². The minimum atomic E-state index is -1.78. The van der Waals surface area contributed by atoms with Crippen LogP contribution >= 0.6 is 0 Å². The van der Waals surface area contributed by atoms with E-state index in [0.717, 1.165) is 13.8 Å². The second-order valence-electron chi connectivity index (χ2n) is 2.03. The number of hydrogen-bond acceptors (Lipinski definition) is 0. The van der Waals surface area contributed by atoms with Crippen LogP contribution in [-0.2, 0) is 0 Å². The van der Waals surface area contributed by atoms with Crippen molar-refractivity contribution in [3.8, 4) is 0 Å². The molecule has 0 heterocycles. The van der Waals surface area contributed by atoms with Crippen LogP contribution in [0.15, 0.2) is 0 Å². The van der Waals surface area contributed by atoms with Crippen molar-refractivity contribution in [1.29, 1.82) is 0 Å². The van der Waals surface area contributed by atoms with Gasteiger partial charge in [0.05, 0.1) is 0 Å². The van der Waals surface area contributed by atoms with Crippen molar-refractivity contribution in [2.45, 2.75) is 25.7 Å². The lowest BCUT2D eigenvalue weighted by molar-refractivity contribution is 0.115. The fourth-order valence-electron chi connectivity index (χ4n) is 0. The minimum Gasteiger partial charge on any atom is -0.244 e. The molecule has 0 aromatic heterocycles. The summed E-state index contributed by atoms with van der Waals surface area (Å²) in [5.41, 5.74) is -1.78.